The highest BCUT2D eigenvalue weighted by Crippen LogP contribution is 2.37. The van der Waals surface area contributed by atoms with Crippen LogP contribution in [0.25, 0.3) is 11.5 Å². The second-order valence-electron chi connectivity index (χ2n) is 6.24. The molecule has 29 heavy (non-hydrogen) atoms. The topological polar surface area (TPSA) is 83.7 Å². The van der Waals surface area contributed by atoms with Crippen molar-refractivity contribution in [3.63, 3.8) is 0 Å². The molecule has 7 nitrogen and oxygen atoms in total. The summed E-state index contributed by atoms with van der Waals surface area (Å²) in [7, 11) is 1.47. The minimum atomic E-state index is -0.607. The van der Waals surface area contributed by atoms with E-state index in [1.807, 2.05) is 38.1 Å². The summed E-state index contributed by atoms with van der Waals surface area (Å²) in [4.78, 5) is 12.4. The summed E-state index contributed by atoms with van der Waals surface area (Å²) in [6, 6.07) is 10.4. The van der Waals surface area contributed by atoms with Crippen molar-refractivity contribution in [1.29, 1.82) is 0 Å². The van der Waals surface area contributed by atoms with Crippen LogP contribution in [0.1, 0.15) is 30.1 Å². The van der Waals surface area contributed by atoms with Crippen molar-refractivity contribution in [2.75, 3.05) is 7.11 Å². The zero-order valence-electron chi connectivity index (χ0n) is 15.9. The number of hydrogen-bond acceptors (Lipinski definition) is 7. The molecule has 0 saturated carbocycles. The van der Waals surface area contributed by atoms with Gasteiger partial charge in [0.15, 0.2) is 18.1 Å². The number of esters is 1. The van der Waals surface area contributed by atoms with Gasteiger partial charge in [-0.05, 0) is 50.2 Å². The lowest BCUT2D eigenvalue weighted by Gasteiger charge is -2.16. The van der Waals surface area contributed by atoms with E-state index < -0.39 is 5.97 Å². The summed E-state index contributed by atoms with van der Waals surface area (Å²) in [5.41, 5.74) is 0.978. The predicted molar refractivity (Wildman–Crippen MR) is 110 cm³/mol. The highest BCUT2D eigenvalue weighted by atomic mass is 79.9. The molecule has 0 aliphatic heterocycles. The smallest absolute Gasteiger partial charge is 0.338 e. The van der Waals surface area contributed by atoms with Crippen molar-refractivity contribution in [2.24, 2.45) is 0 Å². The van der Waals surface area contributed by atoms with Gasteiger partial charge < -0.3 is 18.6 Å². The van der Waals surface area contributed by atoms with Gasteiger partial charge in [-0.25, -0.2) is 4.79 Å². The highest BCUT2D eigenvalue weighted by molar-refractivity contribution is 9.10. The quantitative estimate of drug-likeness (QED) is 0.423. The molecule has 1 heterocycles. The van der Waals surface area contributed by atoms with Crippen LogP contribution in [0.4, 0.5) is 0 Å². The van der Waals surface area contributed by atoms with E-state index in [2.05, 4.69) is 26.1 Å². The van der Waals surface area contributed by atoms with Gasteiger partial charge in [0.1, 0.15) is 0 Å². The van der Waals surface area contributed by atoms with Gasteiger partial charge >= 0.3 is 5.97 Å². The van der Waals surface area contributed by atoms with E-state index in [1.165, 1.54) is 19.2 Å². The van der Waals surface area contributed by atoms with E-state index in [1.54, 1.807) is 0 Å². The van der Waals surface area contributed by atoms with Gasteiger partial charge in [0.25, 0.3) is 5.89 Å². The summed E-state index contributed by atoms with van der Waals surface area (Å²) >= 11 is 9.61. The number of benzene rings is 2. The van der Waals surface area contributed by atoms with Gasteiger partial charge in [-0.3, -0.25) is 0 Å². The maximum absolute atomic E-state index is 12.4. The van der Waals surface area contributed by atoms with Gasteiger partial charge in [-0.15, -0.1) is 10.2 Å². The standard InChI is InChI=1S/C20H18BrClN2O5/c1-11(2)28-18-15(22)8-13(9-16(18)26-3)20(25)27-10-17-23-24-19(29-17)12-4-6-14(21)7-5-12/h4-9,11H,10H2,1-3H3. The molecule has 1 aromatic heterocycles. The Kier molecular flexibility index (Phi) is 6.76. The molecule has 0 aliphatic rings. The lowest BCUT2D eigenvalue weighted by atomic mass is 10.2. The zero-order valence-corrected chi connectivity index (χ0v) is 18.3. The first-order valence-corrected chi connectivity index (χ1v) is 9.84. The Balaban J connectivity index is 1.69. The summed E-state index contributed by atoms with van der Waals surface area (Å²) in [6.07, 6.45) is -0.100. The summed E-state index contributed by atoms with van der Waals surface area (Å²) < 4.78 is 22.7. The Morgan fingerprint density at radius 3 is 2.59 bits per heavy atom. The van der Waals surface area contributed by atoms with Crippen LogP contribution in [0.15, 0.2) is 45.3 Å². The van der Waals surface area contributed by atoms with Crippen molar-refractivity contribution < 1.29 is 23.4 Å². The molecule has 2 aromatic carbocycles. The number of nitrogens with zero attached hydrogens (tertiary/aromatic N) is 2. The van der Waals surface area contributed by atoms with E-state index in [0.717, 1.165) is 10.0 Å². The average molecular weight is 482 g/mol. The first kappa shape index (κ1) is 21.1. The average Bonchev–Trinajstić information content (AvgIpc) is 3.16. The molecule has 152 valence electrons. The molecule has 0 radical (unpaired) electrons. The van der Waals surface area contributed by atoms with Gasteiger partial charge in [0, 0.05) is 10.0 Å². The Bertz CT molecular complexity index is 1000. The van der Waals surface area contributed by atoms with E-state index >= 15 is 0 Å². The van der Waals surface area contributed by atoms with Crippen LogP contribution in [0.3, 0.4) is 0 Å². The van der Waals surface area contributed by atoms with E-state index in [0.29, 0.717) is 17.4 Å². The monoisotopic (exact) mass is 480 g/mol. The second-order valence-corrected chi connectivity index (χ2v) is 7.56. The molecule has 0 N–H and O–H groups in total. The van der Waals surface area contributed by atoms with Gasteiger partial charge in [-0.1, -0.05) is 27.5 Å². The molecule has 3 aromatic rings. The first-order chi connectivity index (χ1) is 13.9. The summed E-state index contributed by atoms with van der Waals surface area (Å²) in [6.45, 7) is 3.56. The second kappa shape index (κ2) is 9.28. The van der Waals surface area contributed by atoms with Crippen molar-refractivity contribution >= 4 is 33.5 Å². The molecule has 0 unspecified atom stereocenters. The molecule has 3 rings (SSSR count). The Hall–Kier alpha value is -2.58. The van der Waals surface area contributed by atoms with Crippen LogP contribution in [-0.4, -0.2) is 29.4 Å². The van der Waals surface area contributed by atoms with Crippen LogP contribution < -0.4 is 9.47 Å². The molecular weight excluding hydrogens is 464 g/mol. The van der Waals surface area contributed by atoms with Crippen LogP contribution in [0.2, 0.25) is 5.02 Å². The lowest BCUT2D eigenvalue weighted by molar-refractivity contribution is 0.0438. The third-order valence-electron chi connectivity index (χ3n) is 3.70. The summed E-state index contributed by atoms with van der Waals surface area (Å²) in [5.74, 6) is 0.618. The minimum Gasteiger partial charge on any atom is -0.493 e. The van der Waals surface area contributed by atoms with Crippen molar-refractivity contribution in [3.8, 4) is 23.0 Å². The third-order valence-corrected chi connectivity index (χ3v) is 4.51. The van der Waals surface area contributed by atoms with Gasteiger partial charge in [-0.2, -0.15) is 0 Å². The number of carbonyl (C=O) groups is 1. The number of ether oxygens (including phenoxy) is 3. The van der Waals surface area contributed by atoms with Gasteiger partial charge in [0.2, 0.25) is 5.89 Å². The van der Waals surface area contributed by atoms with Crippen molar-refractivity contribution in [3.05, 3.63) is 57.3 Å². The number of rotatable bonds is 7. The molecule has 0 fully saturated rings. The number of carbonyl (C=O) groups excluding carboxylic acids is 1. The van der Waals surface area contributed by atoms with Crippen molar-refractivity contribution in [2.45, 2.75) is 26.6 Å². The van der Waals surface area contributed by atoms with Crippen LogP contribution in [0, 0.1) is 0 Å². The van der Waals surface area contributed by atoms with Crippen LogP contribution in [-0.2, 0) is 11.3 Å². The maximum Gasteiger partial charge on any atom is 0.338 e. The molecule has 0 atom stereocenters. The zero-order chi connectivity index (χ0) is 21.0. The molecule has 0 saturated heterocycles. The van der Waals surface area contributed by atoms with E-state index in [-0.39, 0.29) is 29.2 Å². The largest absolute Gasteiger partial charge is 0.493 e. The third kappa shape index (κ3) is 5.27. The number of methoxy groups -OCH3 is 1. The number of halogens is 2. The molecule has 9 heteroatoms. The fourth-order valence-electron chi connectivity index (χ4n) is 2.42. The number of aromatic nitrogens is 2. The maximum atomic E-state index is 12.4. The highest BCUT2D eigenvalue weighted by Gasteiger charge is 2.19. The molecule has 0 spiro atoms. The first-order valence-electron chi connectivity index (χ1n) is 8.67. The Morgan fingerprint density at radius 2 is 1.93 bits per heavy atom. The fraction of sp³-hybridized carbons (Fsp3) is 0.250. The van der Waals surface area contributed by atoms with Crippen LogP contribution >= 0.6 is 27.5 Å². The molecule has 0 aliphatic carbocycles. The predicted octanol–water partition coefficient (Wildman–Crippen LogP) is 5.31. The Labute approximate surface area is 181 Å². The normalized spacial score (nSPS) is 10.8. The SMILES string of the molecule is COc1cc(C(=O)OCc2nnc(-c3ccc(Br)cc3)o2)cc(Cl)c1OC(C)C. The molecule has 0 bridgehead atoms. The van der Waals surface area contributed by atoms with E-state index in [9.17, 15) is 4.79 Å². The Morgan fingerprint density at radius 1 is 1.21 bits per heavy atom. The summed E-state index contributed by atoms with van der Waals surface area (Å²) in [5, 5.41) is 8.12. The molecule has 0 amide bonds. The van der Waals surface area contributed by atoms with Gasteiger partial charge in [0.05, 0.1) is 23.8 Å². The fourth-order valence-corrected chi connectivity index (χ4v) is 2.94. The number of hydrogen-bond donors (Lipinski definition) is 0. The molecular formula is C20H18BrClN2O5. The van der Waals surface area contributed by atoms with E-state index in [4.69, 9.17) is 30.2 Å². The lowest BCUT2D eigenvalue weighted by Crippen LogP contribution is -2.09. The van der Waals surface area contributed by atoms with Crippen LogP contribution in [0.5, 0.6) is 11.5 Å². The minimum absolute atomic E-state index is 0.100. The van der Waals surface area contributed by atoms with Crippen molar-refractivity contribution in [1.82, 2.24) is 10.2 Å².